The highest BCUT2D eigenvalue weighted by Crippen LogP contribution is 2.25. The maximum Gasteiger partial charge on any atom is 0.225 e. The molecule has 6 heteroatoms. The molecular formula is C24H34N6. The minimum atomic E-state index is 0.419. The quantitative estimate of drug-likeness (QED) is 0.651. The van der Waals surface area contributed by atoms with Crippen LogP contribution >= 0.6 is 0 Å². The normalized spacial score (nSPS) is 19.6. The lowest BCUT2D eigenvalue weighted by molar-refractivity contribution is 0.239. The van der Waals surface area contributed by atoms with Crippen LogP contribution in [0.25, 0.3) is 10.9 Å². The molecule has 2 saturated heterocycles. The first-order valence-corrected chi connectivity index (χ1v) is 11.2. The summed E-state index contributed by atoms with van der Waals surface area (Å²) in [5.74, 6) is 1.69. The second kappa shape index (κ2) is 10.0. The molecule has 1 aromatic heterocycles. The van der Waals surface area contributed by atoms with Crippen molar-refractivity contribution in [2.24, 2.45) is 0 Å². The van der Waals surface area contributed by atoms with Crippen LogP contribution in [0.3, 0.4) is 0 Å². The first-order chi connectivity index (χ1) is 14.7. The van der Waals surface area contributed by atoms with E-state index in [1.165, 1.54) is 0 Å². The molecule has 0 spiro atoms. The smallest absolute Gasteiger partial charge is 0.225 e. The number of benzene rings is 1. The van der Waals surface area contributed by atoms with Gasteiger partial charge in [0, 0.05) is 56.7 Å². The van der Waals surface area contributed by atoms with Crippen molar-refractivity contribution in [1.29, 1.82) is 0 Å². The summed E-state index contributed by atoms with van der Waals surface area (Å²) < 4.78 is 0. The Morgan fingerprint density at radius 2 is 1.40 bits per heavy atom. The van der Waals surface area contributed by atoms with Crippen molar-refractivity contribution in [1.82, 2.24) is 19.8 Å². The second-order valence-electron chi connectivity index (χ2n) is 8.43. The average molecular weight is 407 g/mol. The lowest BCUT2D eigenvalue weighted by Gasteiger charge is -2.32. The molecule has 2 aliphatic heterocycles. The second-order valence-corrected chi connectivity index (χ2v) is 8.43. The third kappa shape index (κ3) is 5.18. The standard InChI is InChI=1S/C24H34N6/c1-3-13-29-15-9-19(10-16-29)25-23-21-7-5-6-8-22(21)27-24(28-23)26-20-11-17-30(14-4-2)18-12-20/h3-8,19-20H,1-2,9-18H2,(H2,25,26,27,28). The van der Waals surface area contributed by atoms with Crippen molar-refractivity contribution in [3.8, 4) is 0 Å². The number of para-hydroxylation sites is 1. The van der Waals surface area contributed by atoms with E-state index in [4.69, 9.17) is 9.97 Å². The molecule has 30 heavy (non-hydrogen) atoms. The zero-order chi connectivity index (χ0) is 20.8. The van der Waals surface area contributed by atoms with E-state index in [-0.39, 0.29) is 0 Å². The number of nitrogens with one attached hydrogen (secondary N) is 2. The van der Waals surface area contributed by atoms with Gasteiger partial charge in [-0.3, -0.25) is 9.80 Å². The largest absolute Gasteiger partial charge is 0.367 e. The Hall–Kier alpha value is -2.44. The first-order valence-electron chi connectivity index (χ1n) is 11.2. The summed E-state index contributed by atoms with van der Waals surface area (Å²) >= 11 is 0. The summed E-state index contributed by atoms with van der Waals surface area (Å²) in [6, 6.07) is 9.16. The molecule has 0 amide bonds. The number of hydrogen-bond acceptors (Lipinski definition) is 6. The minimum Gasteiger partial charge on any atom is -0.367 e. The highest BCUT2D eigenvalue weighted by Gasteiger charge is 2.22. The van der Waals surface area contributed by atoms with Gasteiger partial charge in [0.05, 0.1) is 5.52 Å². The van der Waals surface area contributed by atoms with Crippen LogP contribution in [0.5, 0.6) is 0 Å². The summed E-state index contributed by atoms with van der Waals surface area (Å²) in [4.78, 5) is 14.6. The molecule has 0 bridgehead atoms. The van der Waals surface area contributed by atoms with E-state index in [2.05, 4.69) is 51.8 Å². The van der Waals surface area contributed by atoms with Gasteiger partial charge in [0.2, 0.25) is 5.95 Å². The molecule has 0 aliphatic carbocycles. The molecule has 0 radical (unpaired) electrons. The van der Waals surface area contributed by atoms with Gasteiger partial charge in [0.25, 0.3) is 0 Å². The van der Waals surface area contributed by atoms with Crippen molar-refractivity contribution in [3.05, 3.63) is 49.6 Å². The van der Waals surface area contributed by atoms with Gasteiger partial charge in [0.15, 0.2) is 0 Å². The molecule has 0 atom stereocenters. The number of piperidine rings is 2. The topological polar surface area (TPSA) is 56.3 Å². The number of anilines is 2. The number of hydrogen-bond donors (Lipinski definition) is 2. The SMILES string of the molecule is C=CCN1CCC(Nc2nc(NC3CCN(CC=C)CC3)c3ccccc3n2)CC1. The monoisotopic (exact) mass is 406 g/mol. The molecule has 0 saturated carbocycles. The van der Waals surface area contributed by atoms with E-state index < -0.39 is 0 Å². The van der Waals surface area contributed by atoms with Crippen molar-refractivity contribution < 1.29 is 0 Å². The van der Waals surface area contributed by atoms with E-state index in [9.17, 15) is 0 Å². The zero-order valence-electron chi connectivity index (χ0n) is 17.9. The van der Waals surface area contributed by atoms with Crippen LogP contribution in [0.4, 0.5) is 11.8 Å². The highest BCUT2D eigenvalue weighted by molar-refractivity contribution is 5.90. The lowest BCUT2D eigenvalue weighted by Crippen LogP contribution is -2.40. The zero-order valence-corrected chi connectivity index (χ0v) is 17.9. The van der Waals surface area contributed by atoms with E-state index in [0.29, 0.717) is 12.1 Å². The van der Waals surface area contributed by atoms with Crippen LogP contribution in [-0.2, 0) is 0 Å². The van der Waals surface area contributed by atoms with Gasteiger partial charge in [0.1, 0.15) is 5.82 Å². The molecule has 6 nitrogen and oxygen atoms in total. The third-order valence-corrected chi connectivity index (χ3v) is 6.23. The van der Waals surface area contributed by atoms with E-state index in [0.717, 1.165) is 87.6 Å². The number of likely N-dealkylation sites (tertiary alicyclic amines) is 2. The predicted octanol–water partition coefficient (Wildman–Crippen LogP) is 3.75. The fourth-order valence-corrected chi connectivity index (χ4v) is 4.51. The summed E-state index contributed by atoms with van der Waals surface area (Å²) in [5, 5.41) is 8.42. The average Bonchev–Trinajstić information content (AvgIpc) is 2.77. The van der Waals surface area contributed by atoms with Gasteiger partial charge in [-0.2, -0.15) is 4.98 Å². The van der Waals surface area contributed by atoms with Gasteiger partial charge < -0.3 is 10.6 Å². The van der Waals surface area contributed by atoms with Gasteiger partial charge in [-0.25, -0.2) is 4.98 Å². The lowest BCUT2D eigenvalue weighted by atomic mass is 10.0. The van der Waals surface area contributed by atoms with Crippen LogP contribution in [0.2, 0.25) is 0 Å². The van der Waals surface area contributed by atoms with Crippen molar-refractivity contribution in [2.45, 2.75) is 37.8 Å². The predicted molar refractivity (Wildman–Crippen MR) is 126 cm³/mol. The Kier molecular flexibility index (Phi) is 6.97. The summed E-state index contributed by atoms with van der Waals surface area (Å²) in [7, 11) is 0. The maximum absolute atomic E-state index is 4.91. The first kappa shape index (κ1) is 20.8. The fourth-order valence-electron chi connectivity index (χ4n) is 4.51. The Labute approximate surface area is 180 Å². The Balaban J connectivity index is 1.45. The highest BCUT2D eigenvalue weighted by atomic mass is 15.2. The van der Waals surface area contributed by atoms with Crippen LogP contribution in [0.1, 0.15) is 25.7 Å². The van der Waals surface area contributed by atoms with Crippen molar-refractivity contribution in [3.63, 3.8) is 0 Å². The summed E-state index contributed by atoms with van der Waals surface area (Å²) in [5.41, 5.74) is 0.991. The van der Waals surface area contributed by atoms with Gasteiger partial charge in [-0.05, 0) is 37.8 Å². The summed E-state index contributed by atoms with van der Waals surface area (Å²) in [6.45, 7) is 14.0. The molecular weight excluding hydrogens is 372 g/mol. The molecule has 2 fully saturated rings. The molecule has 3 heterocycles. The molecule has 1 aromatic carbocycles. The minimum absolute atomic E-state index is 0.419. The van der Waals surface area contributed by atoms with Crippen molar-refractivity contribution >= 4 is 22.7 Å². The van der Waals surface area contributed by atoms with Gasteiger partial charge in [-0.15, -0.1) is 13.2 Å². The fraction of sp³-hybridized carbons (Fsp3) is 0.500. The maximum atomic E-state index is 4.91. The number of aromatic nitrogens is 2. The number of nitrogens with zero attached hydrogens (tertiary/aromatic N) is 4. The Morgan fingerprint density at radius 1 is 0.833 bits per heavy atom. The molecule has 4 rings (SSSR count). The summed E-state index contributed by atoms with van der Waals surface area (Å²) in [6.07, 6.45) is 8.43. The van der Waals surface area contributed by atoms with Crippen molar-refractivity contribution in [2.75, 3.05) is 49.9 Å². The molecule has 160 valence electrons. The Bertz CT molecular complexity index is 850. The van der Waals surface area contributed by atoms with Gasteiger partial charge in [-0.1, -0.05) is 24.3 Å². The molecule has 2 aromatic rings. The van der Waals surface area contributed by atoms with Gasteiger partial charge >= 0.3 is 0 Å². The van der Waals surface area contributed by atoms with E-state index >= 15 is 0 Å². The third-order valence-electron chi connectivity index (χ3n) is 6.23. The van der Waals surface area contributed by atoms with Crippen LogP contribution in [0.15, 0.2) is 49.6 Å². The molecule has 2 N–H and O–H groups in total. The number of rotatable bonds is 8. The van der Waals surface area contributed by atoms with Crippen LogP contribution in [0, 0.1) is 0 Å². The van der Waals surface area contributed by atoms with E-state index in [1.54, 1.807) is 0 Å². The molecule has 2 aliphatic rings. The number of fused-ring (bicyclic) bond motifs is 1. The van der Waals surface area contributed by atoms with E-state index in [1.807, 2.05) is 18.2 Å². The van der Waals surface area contributed by atoms with Crippen LogP contribution in [-0.4, -0.2) is 71.1 Å². The Morgan fingerprint density at radius 3 is 2.00 bits per heavy atom. The van der Waals surface area contributed by atoms with Crippen LogP contribution < -0.4 is 10.6 Å². The molecule has 0 unspecified atom stereocenters.